The van der Waals surface area contributed by atoms with Crippen LogP contribution in [0.1, 0.15) is 18.1 Å². The van der Waals surface area contributed by atoms with Crippen LogP contribution in [0.5, 0.6) is 5.75 Å². The van der Waals surface area contributed by atoms with E-state index in [2.05, 4.69) is 23.2 Å². The van der Waals surface area contributed by atoms with E-state index in [0.29, 0.717) is 0 Å². The van der Waals surface area contributed by atoms with Crippen LogP contribution in [0.3, 0.4) is 0 Å². The molecular weight excluding hydrogens is 328 g/mol. The van der Waals surface area contributed by atoms with Gasteiger partial charge in [0.2, 0.25) is 0 Å². The zero-order chi connectivity index (χ0) is 18.4. The molecule has 1 heterocycles. The molecule has 1 fully saturated rings. The van der Waals surface area contributed by atoms with E-state index in [1.165, 1.54) is 0 Å². The monoisotopic (exact) mass is 354 g/mol. The maximum absolute atomic E-state index is 12.3. The predicted octanol–water partition coefficient (Wildman–Crippen LogP) is 3.41. The lowest BCUT2D eigenvalue weighted by Crippen LogP contribution is -2.36. The highest BCUT2D eigenvalue weighted by atomic mass is 16.5. The summed E-state index contributed by atoms with van der Waals surface area (Å²) in [6, 6.07) is 13.9. The second-order valence-corrected chi connectivity index (χ2v) is 6.40. The van der Waals surface area contributed by atoms with E-state index in [1.54, 1.807) is 0 Å². The first-order valence-electron chi connectivity index (χ1n) is 9.11. The summed E-state index contributed by atoms with van der Waals surface area (Å²) in [5, 5.41) is 2.94. The highest BCUT2D eigenvalue weighted by molar-refractivity contribution is 5.92. The molecule has 3 rings (SSSR count). The average Bonchev–Trinajstić information content (AvgIpc) is 2.69. The fraction of sp³-hybridized carbons (Fsp3) is 0.381. The molecule has 0 saturated carbocycles. The maximum Gasteiger partial charge on any atom is 0.262 e. The number of carbonyl (C=O) groups excluding carboxylic acids is 1. The Kier molecular flexibility index (Phi) is 6.12. The highest BCUT2D eigenvalue weighted by Gasteiger charge is 2.13. The molecule has 0 bridgehead atoms. The van der Waals surface area contributed by atoms with E-state index in [-0.39, 0.29) is 12.5 Å². The third-order valence-corrected chi connectivity index (χ3v) is 4.57. The number of aryl methyl sites for hydroxylation is 2. The molecule has 5 heteroatoms. The molecule has 1 aliphatic heterocycles. The number of benzene rings is 2. The summed E-state index contributed by atoms with van der Waals surface area (Å²) in [5.74, 6) is 0.614. The zero-order valence-corrected chi connectivity index (χ0v) is 15.5. The van der Waals surface area contributed by atoms with E-state index >= 15 is 0 Å². The first kappa shape index (κ1) is 18.3. The normalized spacial score (nSPS) is 14.2. The van der Waals surface area contributed by atoms with Crippen LogP contribution < -0.4 is 15.0 Å². The van der Waals surface area contributed by atoms with Crippen molar-refractivity contribution in [2.45, 2.75) is 20.3 Å². The Hall–Kier alpha value is -2.53. The molecule has 0 radical (unpaired) electrons. The van der Waals surface area contributed by atoms with Crippen LogP contribution in [0.25, 0.3) is 0 Å². The molecule has 0 aromatic heterocycles. The number of anilines is 2. The van der Waals surface area contributed by atoms with Crippen molar-refractivity contribution in [1.29, 1.82) is 0 Å². The standard InChI is InChI=1S/C21H26N2O3/c1-3-17-6-4-5-7-20(17)26-15-21(24)22-19-9-8-18(14-16(19)2)23-10-12-25-13-11-23/h4-9,14H,3,10-13,15H2,1-2H3,(H,22,24). The van der Waals surface area contributed by atoms with Crippen molar-refractivity contribution in [2.75, 3.05) is 43.1 Å². The number of hydrogen-bond donors (Lipinski definition) is 1. The second kappa shape index (κ2) is 8.72. The van der Waals surface area contributed by atoms with Crippen LogP contribution in [0, 0.1) is 6.92 Å². The largest absolute Gasteiger partial charge is 0.483 e. The maximum atomic E-state index is 12.3. The zero-order valence-electron chi connectivity index (χ0n) is 15.5. The minimum Gasteiger partial charge on any atom is -0.483 e. The van der Waals surface area contributed by atoms with Gasteiger partial charge in [-0.1, -0.05) is 25.1 Å². The van der Waals surface area contributed by atoms with Crippen molar-refractivity contribution in [3.63, 3.8) is 0 Å². The first-order chi connectivity index (χ1) is 12.7. The number of nitrogens with one attached hydrogen (secondary N) is 1. The molecule has 1 amide bonds. The molecule has 1 N–H and O–H groups in total. The van der Waals surface area contributed by atoms with Crippen molar-refractivity contribution in [3.8, 4) is 5.75 Å². The highest BCUT2D eigenvalue weighted by Crippen LogP contribution is 2.24. The van der Waals surface area contributed by atoms with E-state index in [9.17, 15) is 4.79 Å². The Balaban J connectivity index is 1.58. The fourth-order valence-electron chi connectivity index (χ4n) is 3.07. The van der Waals surface area contributed by atoms with E-state index in [4.69, 9.17) is 9.47 Å². The SMILES string of the molecule is CCc1ccccc1OCC(=O)Nc1ccc(N2CCOCC2)cc1C. The lowest BCUT2D eigenvalue weighted by molar-refractivity contribution is -0.118. The summed E-state index contributed by atoms with van der Waals surface area (Å²) in [7, 11) is 0. The molecule has 0 spiro atoms. The van der Waals surface area contributed by atoms with Gasteiger partial charge in [-0.2, -0.15) is 0 Å². The van der Waals surface area contributed by atoms with E-state index in [0.717, 1.165) is 61.0 Å². The topological polar surface area (TPSA) is 50.8 Å². The molecular formula is C21H26N2O3. The fourth-order valence-corrected chi connectivity index (χ4v) is 3.07. The van der Waals surface area contributed by atoms with Crippen LogP contribution in [-0.4, -0.2) is 38.8 Å². The minimum atomic E-state index is -0.155. The predicted molar refractivity (Wildman–Crippen MR) is 104 cm³/mol. The van der Waals surface area contributed by atoms with Gasteiger partial charge in [0.05, 0.1) is 13.2 Å². The van der Waals surface area contributed by atoms with Gasteiger partial charge in [-0.15, -0.1) is 0 Å². The van der Waals surface area contributed by atoms with Gasteiger partial charge in [-0.3, -0.25) is 4.79 Å². The molecule has 5 nitrogen and oxygen atoms in total. The molecule has 2 aromatic rings. The van der Waals surface area contributed by atoms with Crippen molar-refractivity contribution < 1.29 is 14.3 Å². The first-order valence-corrected chi connectivity index (χ1v) is 9.11. The van der Waals surface area contributed by atoms with Crippen molar-refractivity contribution >= 4 is 17.3 Å². The van der Waals surface area contributed by atoms with Crippen LogP contribution in [0.4, 0.5) is 11.4 Å². The van der Waals surface area contributed by atoms with Gasteiger partial charge < -0.3 is 19.7 Å². The Morgan fingerprint density at radius 2 is 1.96 bits per heavy atom. The minimum absolute atomic E-state index is 0.00166. The van der Waals surface area contributed by atoms with Crippen LogP contribution in [0.2, 0.25) is 0 Å². The number of amides is 1. The summed E-state index contributed by atoms with van der Waals surface area (Å²) in [5.41, 5.74) is 4.12. The van der Waals surface area contributed by atoms with Crippen LogP contribution >= 0.6 is 0 Å². The van der Waals surface area contributed by atoms with Gasteiger partial charge in [-0.25, -0.2) is 0 Å². The van der Waals surface area contributed by atoms with E-state index in [1.807, 2.05) is 43.3 Å². The summed E-state index contributed by atoms with van der Waals surface area (Å²) in [6.45, 7) is 7.39. The van der Waals surface area contributed by atoms with Crippen LogP contribution in [0.15, 0.2) is 42.5 Å². The number of carbonyl (C=O) groups is 1. The van der Waals surface area contributed by atoms with Gasteiger partial charge in [0.15, 0.2) is 6.61 Å². The third-order valence-electron chi connectivity index (χ3n) is 4.57. The molecule has 26 heavy (non-hydrogen) atoms. The molecule has 0 aliphatic carbocycles. The average molecular weight is 354 g/mol. The Morgan fingerprint density at radius 3 is 2.69 bits per heavy atom. The third kappa shape index (κ3) is 4.55. The molecule has 1 saturated heterocycles. The molecule has 2 aromatic carbocycles. The van der Waals surface area contributed by atoms with Gasteiger partial charge in [-0.05, 0) is 48.7 Å². The van der Waals surface area contributed by atoms with Gasteiger partial charge in [0.1, 0.15) is 5.75 Å². The van der Waals surface area contributed by atoms with Gasteiger partial charge in [0.25, 0.3) is 5.91 Å². The number of morpholine rings is 1. The second-order valence-electron chi connectivity index (χ2n) is 6.40. The Labute approximate surface area is 154 Å². The van der Waals surface area contributed by atoms with Crippen LogP contribution in [-0.2, 0) is 16.0 Å². The van der Waals surface area contributed by atoms with Gasteiger partial charge in [0, 0.05) is 24.5 Å². The quantitative estimate of drug-likeness (QED) is 0.864. The smallest absolute Gasteiger partial charge is 0.262 e. The summed E-state index contributed by atoms with van der Waals surface area (Å²) < 4.78 is 11.1. The lowest BCUT2D eigenvalue weighted by atomic mass is 10.1. The number of para-hydroxylation sites is 1. The van der Waals surface area contributed by atoms with E-state index < -0.39 is 0 Å². The number of hydrogen-bond acceptors (Lipinski definition) is 4. The molecule has 138 valence electrons. The number of rotatable bonds is 6. The summed E-state index contributed by atoms with van der Waals surface area (Å²) in [4.78, 5) is 14.6. The number of nitrogens with zero attached hydrogens (tertiary/aromatic N) is 1. The van der Waals surface area contributed by atoms with Gasteiger partial charge >= 0.3 is 0 Å². The number of ether oxygens (including phenoxy) is 2. The van der Waals surface area contributed by atoms with Crippen molar-refractivity contribution in [3.05, 3.63) is 53.6 Å². The molecule has 0 atom stereocenters. The van der Waals surface area contributed by atoms with Crippen molar-refractivity contribution in [1.82, 2.24) is 0 Å². The summed E-state index contributed by atoms with van der Waals surface area (Å²) in [6.07, 6.45) is 0.875. The lowest BCUT2D eigenvalue weighted by Gasteiger charge is -2.29. The summed E-state index contributed by atoms with van der Waals surface area (Å²) >= 11 is 0. The molecule has 1 aliphatic rings. The Morgan fingerprint density at radius 1 is 1.19 bits per heavy atom. The van der Waals surface area contributed by atoms with Crippen molar-refractivity contribution in [2.24, 2.45) is 0 Å². The molecule has 0 unspecified atom stereocenters. The Bertz CT molecular complexity index is 755.